The minimum absolute atomic E-state index is 0.124. The Morgan fingerprint density at radius 2 is 1.89 bits per heavy atom. The zero-order valence-corrected chi connectivity index (χ0v) is 16.6. The number of hydrogen-bond acceptors (Lipinski definition) is 3. The average Bonchev–Trinajstić information content (AvgIpc) is 3.31. The van der Waals surface area contributed by atoms with Crippen LogP contribution in [-0.4, -0.2) is 20.3 Å². The zero-order chi connectivity index (χ0) is 19.8. The van der Waals surface area contributed by atoms with Gasteiger partial charge < -0.3 is 14.3 Å². The number of carbonyl (C=O) groups is 1. The summed E-state index contributed by atoms with van der Waals surface area (Å²) in [5.41, 5.74) is 7.61. The standard InChI is InChI=1S/C22H24N4O2/c1-14-5-7-17(8-6-14)13-26-19-9-10-28-21(19)11-20(26)22(27)23-12-18-15(2)24-25(4)16(18)3/h5-11H,12-13H2,1-4H3,(H,23,27). The van der Waals surface area contributed by atoms with Crippen LogP contribution < -0.4 is 5.32 Å². The number of carbonyl (C=O) groups excluding carboxylic acids is 1. The predicted molar refractivity (Wildman–Crippen MR) is 108 cm³/mol. The first-order chi connectivity index (χ1) is 13.4. The predicted octanol–water partition coefficient (Wildman–Crippen LogP) is 3.87. The molecule has 3 aromatic heterocycles. The summed E-state index contributed by atoms with van der Waals surface area (Å²) in [5.74, 6) is -0.124. The van der Waals surface area contributed by atoms with Gasteiger partial charge in [0.15, 0.2) is 5.58 Å². The van der Waals surface area contributed by atoms with E-state index in [9.17, 15) is 4.79 Å². The van der Waals surface area contributed by atoms with E-state index in [-0.39, 0.29) is 5.91 Å². The lowest BCUT2D eigenvalue weighted by Gasteiger charge is -2.11. The molecule has 28 heavy (non-hydrogen) atoms. The molecule has 6 heteroatoms. The van der Waals surface area contributed by atoms with Crippen LogP contribution in [0.5, 0.6) is 0 Å². The molecular weight excluding hydrogens is 352 g/mol. The van der Waals surface area contributed by atoms with Gasteiger partial charge in [-0.25, -0.2) is 0 Å². The molecule has 3 heterocycles. The SMILES string of the molecule is Cc1ccc(Cn2c(C(=O)NCc3c(C)nn(C)c3C)cc3occc32)cc1. The molecule has 0 fully saturated rings. The third-order valence-electron chi connectivity index (χ3n) is 5.30. The van der Waals surface area contributed by atoms with Gasteiger partial charge in [-0.15, -0.1) is 0 Å². The molecule has 4 aromatic rings. The van der Waals surface area contributed by atoms with E-state index in [2.05, 4.69) is 41.6 Å². The van der Waals surface area contributed by atoms with Crippen LogP contribution in [0.25, 0.3) is 11.1 Å². The molecule has 1 amide bonds. The third kappa shape index (κ3) is 3.22. The summed E-state index contributed by atoms with van der Waals surface area (Å²) < 4.78 is 9.38. The van der Waals surface area contributed by atoms with Crippen LogP contribution in [0.1, 0.15) is 38.6 Å². The topological polar surface area (TPSA) is 65.0 Å². The molecule has 1 N–H and O–H groups in total. The Bertz CT molecular complexity index is 1150. The van der Waals surface area contributed by atoms with Crippen molar-refractivity contribution < 1.29 is 9.21 Å². The van der Waals surface area contributed by atoms with Crippen LogP contribution in [0.3, 0.4) is 0 Å². The molecule has 0 bridgehead atoms. The van der Waals surface area contributed by atoms with Crippen LogP contribution in [0, 0.1) is 20.8 Å². The molecule has 0 spiro atoms. The minimum atomic E-state index is -0.124. The van der Waals surface area contributed by atoms with Crippen molar-refractivity contribution in [3.63, 3.8) is 0 Å². The average molecular weight is 376 g/mol. The maximum Gasteiger partial charge on any atom is 0.268 e. The van der Waals surface area contributed by atoms with Crippen molar-refractivity contribution in [1.82, 2.24) is 19.7 Å². The first-order valence-corrected chi connectivity index (χ1v) is 9.33. The number of furan rings is 1. The van der Waals surface area contributed by atoms with Gasteiger partial charge >= 0.3 is 0 Å². The second-order valence-electron chi connectivity index (χ2n) is 7.23. The molecule has 0 unspecified atom stereocenters. The summed E-state index contributed by atoms with van der Waals surface area (Å²) in [6.45, 7) is 7.09. The Morgan fingerprint density at radius 1 is 1.14 bits per heavy atom. The van der Waals surface area contributed by atoms with Crippen molar-refractivity contribution in [2.75, 3.05) is 0 Å². The Balaban J connectivity index is 1.61. The number of amides is 1. The summed E-state index contributed by atoms with van der Waals surface area (Å²) in [6.07, 6.45) is 1.65. The van der Waals surface area contributed by atoms with E-state index in [1.54, 1.807) is 6.26 Å². The van der Waals surface area contributed by atoms with Gasteiger partial charge in [0.05, 0.1) is 17.5 Å². The van der Waals surface area contributed by atoms with Gasteiger partial charge in [0, 0.05) is 43.5 Å². The van der Waals surface area contributed by atoms with Gasteiger partial charge in [-0.3, -0.25) is 9.48 Å². The number of benzene rings is 1. The van der Waals surface area contributed by atoms with Crippen LogP contribution in [0.2, 0.25) is 0 Å². The lowest BCUT2D eigenvalue weighted by molar-refractivity contribution is 0.0942. The van der Waals surface area contributed by atoms with Crippen molar-refractivity contribution in [3.8, 4) is 0 Å². The summed E-state index contributed by atoms with van der Waals surface area (Å²) in [7, 11) is 1.91. The van der Waals surface area contributed by atoms with Crippen LogP contribution in [0.4, 0.5) is 0 Å². The molecule has 144 valence electrons. The van der Waals surface area contributed by atoms with Gasteiger partial charge in [0.2, 0.25) is 0 Å². The maximum absolute atomic E-state index is 13.0. The zero-order valence-electron chi connectivity index (χ0n) is 16.6. The number of aryl methyl sites for hydroxylation is 3. The van der Waals surface area contributed by atoms with Crippen molar-refractivity contribution in [2.24, 2.45) is 7.05 Å². The number of rotatable bonds is 5. The molecule has 0 aliphatic heterocycles. The molecule has 0 aliphatic rings. The highest BCUT2D eigenvalue weighted by Crippen LogP contribution is 2.23. The fourth-order valence-electron chi connectivity index (χ4n) is 3.54. The molecule has 0 radical (unpaired) electrons. The molecule has 4 rings (SSSR count). The summed E-state index contributed by atoms with van der Waals surface area (Å²) in [5, 5.41) is 7.45. The molecular formula is C22H24N4O2. The minimum Gasteiger partial charge on any atom is -0.463 e. The summed E-state index contributed by atoms with van der Waals surface area (Å²) in [4.78, 5) is 13.0. The fourth-order valence-corrected chi connectivity index (χ4v) is 3.54. The monoisotopic (exact) mass is 376 g/mol. The van der Waals surface area contributed by atoms with Gasteiger partial charge in [-0.2, -0.15) is 5.10 Å². The number of fused-ring (bicyclic) bond motifs is 1. The van der Waals surface area contributed by atoms with Gasteiger partial charge in [-0.1, -0.05) is 29.8 Å². The number of aromatic nitrogens is 3. The third-order valence-corrected chi connectivity index (χ3v) is 5.30. The van der Waals surface area contributed by atoms with Crippen molar-refractivity contribution in [3.05, 3.63) is 76.4 Å². The highest BCUT2D eigenvalue weighted by molar-refractivity contribution is 5.97. The largest absolute Gasteiger partial charge is 0.463 e. The number of hydrogen-bond donors (Lipinski definition) is 1. The maximum atomic E-state index is 13.0. The van der Waals surface area contributed by atoms with Crippen molar-refractivity contribution in [1.29, 1.82) is 0 Å². The first-order valence-electron chi connectivity index (χ1n) is 9.33. The lowest BCUT2D eigenvalue weighted by Crippen LogP contribution is -2.26. The van der Waals surface area contributed by atoms with Gasteiger partial charge in [-0.05, 0) is 26.3 Å². The highest BCUT2D eigenvalue weighted by atomic mass is 16.3. The van der Waals surface area contributed by atoms with Gasteiger partial charge in [0.25, 0.3) is 5.91 Å². The van der Waals surface area contributed by atoms with Crippen molar-refractivity contribution >= 4 is 17.0 Å². The molecule has 6 nitrogen and oxygen atoms in total. The van der Waals surface area contributed by atoms with Crippen molar-refractivity contribution in [2.45, 2.75) is 33.9 Å². The molecule has 0 atom stereocenters. The Kier molecular flexibility index (Phi) is 4.55. The van der Waals surface area contributed by atoms with E-state index in [0.717, 1.165) is 28.0 Å². The van der Waals surface area contributed by atoms with E-state index in [0.29, 0.717) is 24.4 Å². The second kappa shape index (κ2) is 7.03. The van der Waals surface area contributed by atoms with E-state index >= 15 is 0 Å². The lowest BCUT2D eigenvalue weighted by atomic mass is 10.1. The first kappa shape index (κ1) is 18.1. The van der Waals surface area contributed by atoms with Gasteiger partial charge in [0.1, 0.15) is 5.69 Å². The van der Waals surface area contributed by atoms with Crippen LogP contribution >= 0.6 is 0 Å². The Morgan fingerprint density at radius 3 is 2.57 bits per heavy atom. The normalized spacial score (nSPS) is 11.3. The highest BCUT2D eigenvalue weighted by Gasteiger charge is 2.19. The number of nitrogens with one attached hydrogen (secondary N) is 1. The molecule has 1 aromatic carbocycles. The summed E-state index contributed by atoms with van der Waals surface area (Å²) >= 11 is 0. The number of nitrogens with zero attached hydrogens (tertiary/aromatic N) is 3. The smallest absolute Gasteiger partial charge is 0.268 e. The van der Waals surface area contributed by atoms with Crippen LogP contribution in [0.15, 0.2) is 47.1 Å². The quantitative estimate of drug-likeness (QED) is 0.575. The van der Waals surface area contributed by atoms with E-state index < -0.39 is 0 Å². The second-order valence-corrected chi connectivity index (χ2v) is 7.23. The molecule has 0 saturated carbocycles. The molecule has 0 aliphatic carbocycles. The fraction of sp³-hybridized carbons (Fsp3) is 0.273. The van der Waals surface area contributed by atoms with E-state index in [1.807, 2.05) is 42.3 Å². The van der Waals surface area contributed by atoms with E-state index in [4.69, 9.17) is 4.42 Å². The Labute approximate surface area is 163 Å². The van der Waals surface area contributed by atoms with E-state index in [1.165, 1.54) is 5.56 Å². The summed E-state index contributed by atoms with van der Waals surface area (Å²) in [6, 6.07) is 12.0. The molecule has 0 saturated heterocycles. The van der Waals surface area contributed by atoms with Crippen LogP contribution in [-0.2, 0) is 20.1 Å². The Hall–Kier alpha value is -3.28.